The third-order valence-electron chi connectivity index (χ3n) is 4.13. The van der Waals surface area contributed by atoms with E-state index in [1.807, 2.05) is 0 Å². The van der Waals surface area contributed by atoms with Crippen LogP contribution in [0.1, 0.15) is 36.0 Å². The predicted octanol–water partition coefficient (Wildman–Crippen LogP) is 3.35. The third kappa shape index (κ3) is 3.64. The van der Waals surface area contributed by atoms with Crippen molar-refractivity contribution in [2.75, 3.05) is 26.6 Å². The molecule has 1 aliphatic rings. The van der Waals surface area contributed by atoms with Gasteiger partial charge in [0.1, 0.15) is 17.1 Å². The molecule has 5 heteroatoms. The number of methoxy groups -OCH3 is 2. The van der Waals surface area contributed by atoms with Crippen molar-refractivity contribution in [2.24, 2.45) is 5.41 Å². The summed E-state index contributed by atoms with van der Waals surface area (Å²) in [5, 5.41) is 0. The molecule has 21 heavy (non-hydrogen) atoms. The molecule has 2 rings (SSSR count). The molecule has 1 fully saturated rings. The summed E-state index contributed by atoms with van der Waals surface area (Å²) in [6.07, 6.45) is 4.67. The summed E-state index contributed by atoms with van der Waals surface area (Å²) in [7, 11) is 2.95. The standard InChI is InChI=1S/C16H22O4S/c1-18-12-5-6-13(15(17)19-2)14(9-12)20-10-16(11-21)7-3-4-8-16/h5-6,9,21H,3-4,7-8,10-11H2,1-2H3. The van der Waals surface area contributed by atoms with Crippen molar-refractivity contribution >= 4 is 18.6 Å². The Hall–Kier alpha value is -1.36. The second-order valence-electron chi connectivity index (χ2n) is 5.51. The van der Waals surface area contributed by atoms with Crippen molar-refractivity contribution in [2.45, 2.75) is 25.7 Å². The zero-order valence-electron chi connectivity index (χ0n) is 12.6. The van der Waals surface area contributed by atoms with E-state index in [0.717, 1.165) is 18.6 Å². The summed E-state index contributed by atoms with van der Waals surface area (Å²) in [5.41, 5.74) is 0.533. The summed E-state index contributed by atoms with van der Waals surface area (Å²) >= 11 is 4.48. The van der Waals surface area contributed by atoms with Crippen molar-refractivity contribution in [1.29, 1.82) is 0 Å². The summed E-state index contributed by atoms with van der Waals surface area (Å²) in [6, 6.07) is 5.12. The molecular formula is C16H22O4S. The topological polar surface area (TPSA) is 44.8 Å². The van der Waals surface area contributed by atoms with Gasteiger partial charge >= 0.3 is 5.97 Å². The number of hydrogen-bond acceptors (Lipinski definition) is 5. The SMILES string of the molecule is COC(=O)c1ccc(OC)cc1OCC1(CS)CCCC1. The van der Waals surface area contributed by atoms with E-state index in [4.69, 9.17) is 14.2 Å². The van der Waals surface area contributed by atoms with Crippen LogP contribution in [0.5, 0.6) is 11.5 Å². The number of carbonyl (C=O) groups is 1. The first-order chi connectivity index (χ1) is 10.1. The Kier molecular flexibility index (Phi) is 5.39. The highest BCUT2D eigenvalue weighted by atomic mass is 32.1. The van der Waals surface area contributed by atoms with Gasteiger partial charge in [0.2, 0.25) is 0 Å². The number of hydrogen-bond donors (Lipinski definition) is 1. The Labute approximate surface area is 131 Å². The molecule has 1 aliphatic carbocycles. The van der Waals surface area contributed by atoms with Gasteiger partial charge in [-0.3, -0.25) is 0 Å². The molecule has 0 radical (unpaired) electrons. The fourth-order valence-corrected chi connectivity index (χ4v) is 3.14. The minimum atomic E-state index is -0.404. The predicted molar refractivity (Wildman–Crippen MR) is 84.6 cm³/mol. The lowest BCUT2D eigenvalue weighted by Crippen LogP contribution is -2.27. The van der Waals surface area contributed by atoms with Gasteiger partial charge in [0.05, 0.1) is 20.8 Å². The van der Waals surface area contributed by atoms with E-state index in [-0.39, 0.29) is 5.41 Å². The quantitative estimate of drug-likeness (QED) is 0.646. The monoisotopic (exact) mass is 310 g/mol. The largest absolute Gasteiger partial charge is 0.497 e. The number of carbonyl (C=O) groups excluding carboxylic acids is 1. The highest BCUT2D eigenvalue weighted by molar-refractivity contribution is 7.80. The summed E-state index contributed by atoms with van der Waals surface area (Å²) < 4.78 is 15.9. The molecule has 4 nitrogen and oxygen atoms in total. The average Bonchev–Trinajstić information content (AvgIpc) is 3.01. The maximum absolute atomic E-state index is 11.8. The van der Waals surface area contributed by atoms with Crippen LogP contribution in [-0.4, -0.2) is 32.5 Å². The van der Waals surface area contributed by atoms with Gasteiger partial charge in [-0.2, -0.15) is 12.6 Å². The number of thiol groups is 1. The lowest BCUT2D eigenvalue weighted by molar-refractivity contribution is 0.0592. The molecule has 0 heterocycles. The van der Waals surface area contributed by atoms with Crippen LogP contribution in [0.25, 0.3) is 0 Å². The first-order valence-corrected chi connectivity index (χ1v) is 7.77. The van der Waals surface area contributed by atoms with Gasteiger partial charge in [-0.15, -0.1) is 0 Å². The number of ether oxygens (including phenoxy) is 3. The van der Waals surface area contributed by atoms with Crippen LogP contribution in [0, 0.1) is 5.41 Å². The first kappa shape index (κ1) is 16.0. The molecule has 0 N–H and O–H groups in total. The number of esters is 1. The second-order valence-corrected chi connectivity index (χ2v) is 5.82. The molecule has 0 aromatic heterocycles. The summed E-state index contributed by atoms with van der Waals surface area (Å²) in [4.78, 5) is 11.8. The van der Waals surface area contributed by atoms with E-state index in [0.29, 0.717) is 23.7 Å². The molecule has 116 valence electrons. The highest BCUT2D eigenvalue weighted by Gasteiger charge is 2.33. The molecule has 0 atom stereocenters. The summed E-state index contributed by atoms with van der Waals surface area (Å²) in [6.45, 7) is 0.563. The minimum Gasteiger partial charge on any atom is -0.497 e. The minimum absolute atomic E-state index is 0.111. The van der Waals surface area contributed by atoms with Gasteiger partial charge < -0.3 is 14.2 Å². The molecule has 0 amide bonds. The number of benzene rings is 1. The molecule has 1 aromatic rings. The van der Waals surface area contributed by atoms with E-state index in [1.165, 1.54) is 20.0 Å². The molecule has 0 aliphatic heterocycles. The Morgan fingerprint density at radius 3 is 2.57 bits per heavy atom. The average molecular weight is 310 g/mol. The zero-order valence-corrected chi connectivity index (χ0v) is 13.4. The van der Waals surface area contributed by atoms with Gasteiger partial charge in [-0.1, -0.05) is 12.8 Å². The Morgan fingerprint density at radius 1 is 1.29 bits per heavy atom. The molecule has 0 saturated heterocycles. The molecule has 0 bridgehead atoms. The van der Waals surface area contributed by atoms with Crippen molar-refractivity contribution in [3.63, 3.8) is 0 Å². The van der Waals surface area contributed by atoms with Crippen LogP contribution in [0.3, 0.4) is 0 Å². The van der Waals surface area contributed by atoms with E-state index < -0.39 is 5.97 Å². The van der Waals surface area contributed by atoms with Gasteiger partial charge in [0, 0.05) is 11.5 Å². The fourth-order valence-electron chi connectivity index (χ4n) is 2.73. The fraction of sp³-hybridized carbons (Fsp3) is 0.562. The van der Waals surface area contributed by atoms with E-state index in [2.05, 4.69) is 12.6 Å². The van der Waals surface area contributed by atoms with Gasteiger partial charge in [-0.05, 0) is 30.7 Å². The normalized spacial score (nSPS) is 16.5. The Morgan fingerprint density at radius 2 is 2.00 bits per heavy atom. The Bertz CT molecular complexity index is 495. The van der Waals surface area contributed by atoms with Crippen LogP contribution in [-0.2, 0) is 4.74 Å². The highest BCUT2D eigenvalue weighted by Crippen LogP contribution is 2.40. The van der Waals surface area contributed by atoms with Crippen molar-refractivity contribution in [3.05, 3.63) is 23.8 Å². The van der Waals surface area contributed by atoms with Gasteiger partial charge in [0.15, 0.2) is 0 Å². The van der Waals surface area contributed by atoms with Crippen LogP contribution >= 0.6 is 12.6 Å². The van der Waals surface area contributed by atoms with E-state index >= 15 is 0 Å². The third-order valence-corrected chi connectivity index (χ3v) is 4.80. The zero-order chi connectivity index (χ0) is 15.3. The summed E-state index contributed by atoms with van der Waals surface area (Å²) in [5.74, 6) is 1.56. The lowest BCUT2D eigenvalue weighted by Gasteiger charge is -2.27. The maximum Gasteiger partial charge on any atom is 0.341 e. The second kappa shape index (κ2) is 7.07. The molecule has 1 saturated carbocycles. The van der Waals surface area contributed by atoms with Crippen molar-refractivity contribution in [1.82, 2.24) is 0 Å². The van der Waals surface area contributed by atoms with Crippen molar-refractivity contribution in [3.8, 4) is 11.5 Å². The van der Waals surface area contributed by atoms with Crippen LogP contribution in [0.15, 0.2) is 18.2 Å². The lowest BCUT2D eigenvalue weighted by atomic mass is 9.90. The molecule has 0 unspecified atom stereocenters. The number of rotatable bonds is 6. The van der Waals surface area contributed by atoms with Crippen LogP contribution in [0.2, 0.25) is 0 Å². The van der Waals surface area contributed by atoms with E-state index in [1.54, 1.807) is 25.3 Å². The molecule has 1 aromatic carbocycles. The van der Waals surface area contributed by atoms with Crippen LogP contribution in [0.4, 0.5) is 0 Å². The maximum atomic E-state index is 11.8. The van der Waals surface area contributed by atoms with Gasteiger partial charge in [0.25, 0.3) is 0 Å². The van der Waals surface area contributed by atoms with Crippen LogP contribution < -0.4 is 9.47 Å². The molecular weight excluding hydrogens is 288 g/mol. The first-order valence-electron chi connectivity index (χ1n) is 7.14. The molecule has 0 spiro atoms. The van der Waals surface area contributed by atoms with Crippen molar-refractivity contribution < 1.29 is 19.0 Å². The van der Waals surface area contributed by atoms with Gasteiger partial charge in [-0.25, -0.2) is 4.79 Å². The van der Waals surface area contributed by atoms with E-state index in [9.17, 15) is 4.79 Å². The Balaban J connectivity index is 2.18. The smallest absolute Gasteiger partial charge is 0.341 e.